The van der Waals surface area contributed by atoms with E-state index in [-0.39, 0.29) is 18.4 Å². The maximum atomic E-state index is 11.9. The summed E-state index contributed by atoms with van der Waals surface area (Å²) >= 11 is 0. The Morgan fingerprint density at radius 3 is 2.70 bits per heavy atom. The van der Waals surface area contributed by atoms with E-state index in [4.69, 9.17) is 0 Å². The molecule has 1 heterocycles. The number of nitrogens with zero attached hydrogens (tertiary/aromatic N) is 1. The second-order valence-electron chi connectivity index (χ2n) is 6.25. The van der Waals surface area contributed by atoms with Crippen molar-refractivity contribution >= 4 is 22.7 Å². The summed E-state index contributed by atoms with van der Waals surface area (Å²) in [6, 6.07) is 8.08. The first kappa shape index (κ1) is 17.1. The van der Waals surface area contributed by atoms with Gasteiger partial charge >= 0.3 is 0 Å². The zero-order chi connectivity index (χ0) is 16.8. The molecule has 2 rings (SSSR count). The molecule has 0 aliphatic carbocycles. The van der Waals surface area contributed by atoms with Crippen LogP contribution in [0.1, 0.15) is 26.3 Å². The Morgan fingerprint density at radius 2 is 2.00 bits per heavy atom. The first-order chi connectivity index (χ1) is 11.0. The fraction of sp³-hybridized carbons (Fsp3) is 0.444. The van der Waals surface area contributed by atoms with Crippen LogP contribution in [0.2, 0.25) is 0 Å². The summed E-state index contributed by atoms with van der Waals surface area (Å²) in [6.45, 7) is 6.87. The van der Waals surface area contributed by atoms with Gasteiger partial charge in [-0.1, -0.05) is 32.0 Å². The number of hydrogen-bond donors (Lipinski definition) is 2. The third-order valence-electron chi connectivity index (χ3n) is 3.81. The molecule has 1 aromatic heterocycles. The molecule has 124 valence electrons. The standard InChI is InChI=1S/C18H25N3O2/c1-13(2)10-20-18(23)12-21(14(3)22)9-8-15-11-19-17-7-5-4-6-16(15)17/h4-7,11,13,19H,8-10,12H2,1-3H3,(H,20,23). The molecule has 5 nitrogen and oxygen atoms in total. The van der Waals surface area contributed by atoms with Crippen molar-refractivity contribution in [2.45, 2.75) is 27.2 Å². The van der Waals surface area contributed by atoms with Gasteiger partial charge in [-0.05, 0) is 24.0 Å². The van der Waals surface area contributed by atoms with Crippen LogP contribution < -0.4 is 5.32 Å². The number of aromatic amines is 1. The Hall–Kier alpha value is -2.30. The first-order valence-corrected chi connectivity index (χ1v) is 8.04. The molecule has 0 radical (unpaired) electrons. The zero-order valence-electron chi connectivity index (χ0n) is 14.1. The van der Waals surface area contributed by atoms with E-state index in [1.165, 1.54) is 12.3 Å². The predicted molar refractivity (Wildman–Crippen MR) is 92.1 cm³/mol. The number of amides is 2. The number of aromatic nitrogens is 1. The van der Waals surface area contributed by atoms with E-state index in [1.54, 1.807) is 4.90 Å². The van der Waals surface area contributed by atoms with Crippen molar-refractivity contribution in [3.05, 3.63) is 36.0 Å². The number of nitrogens with one attached hydrogen (secondary N) is 2. The first-order valence-electron chi connectivity index (χ1n) is 8.04. The highest BCUT2D eigenvalue weighted by Crippen LogP contribution is 2.18. The highest BCUT2D eigenvalue weighted by Gasteiger charge is 2.14. The number of H-pyrrole nitrogens is 1. The van der Waals surface area contributed by atoms with Crippen LogP contribution in [0, 0.1) is 5.92 Å². The molecule has 0 saturated heterocycles. The van der Waals surface area contributed by atoms with Crippen LogP contribution in [0.4, 0.5) is 0 Å². The summed E-state index contributed by atoms with van der Waals surface area (Å²) in [4.78, 5) is 28.5. The highest BCUT2D eigenvalue weighted by molar-refractivity contribution is 5.84. The molecule has 1 aromatic carbocycles. The average Bonchev–Trinajstić information content (AvgIpc) is 2.92. The molecule has 0 atom stereocenters. The number of hydrogen-bond acceptors (Lipinski definition) is 2. The molecule has 2 aromatic rings. The molecule has 5 heteroatoms. The maximum absolute atomic E-state index is 11.9. The quantitative estimate of drug-likeness (QED) is 0.823. The fourth-order valence-electron chi connectivity index (χ4n) is 2.49. The largest absolute Gasteiger partial charge is 0.361 e. The van der Waals surface area contributed by atoms with E-state index in [2.05, 4.69) is 16.4 Å². The molecule has 0 saturated carbocycles. The Morgan fingerprint density at radius 1 is 1.26 bits per heavy atom. The minimum absolute atomic E-state index is 0.0791. The van der Waals surface area contributed by atoms with Gasteiger partial charge in [-0.15, -0.1) is 0 Å². The summed E-state index contributed by atoms with van der Waals surface area (Å²) in [6.07, 6.45) is 2.70. The highest BCUT2D eigenvalue weighted by atomic mass is 16.2. The predicted octanol–water partition coefficient (Wildman–Crippen LogP) is 2.33. The van der Waals surface area contributed by atoms with Gasteiger partial charge in [-0.25, -0.2) is 0 Å². The lowest BCUT2D eigenvalue weighted by atomic mass is 10.1. The lowest BCUT2D eigenvalue weighted by Gasteiger charge is -2.20. The van der Waals surface area contributed by atoms with Gasteiger partial charge in [0.2, 0.25) is 11.8 Å². The molecular weight excluding hydrogens is 290 g/mol. The summed E-state index contributed by atoms with van der Waals surface area (Å²) in [7, 11) is 0. The fourth-order valence-corrected chi connectivity index (χ4v) is 2.49. The molecule has 0 spiro atoms. The SMILES string of the molecule is CC(=O)N(CCc1c[nH]c2ccccc12)CC(=O)NCC(C)C. The number of fused-ring (bicyclic) bond motifs is 1. The van der Waals surface area contributed by atoms with Crippen LogP contribution in [0.5, 0.6) is 0 Å². The second-order valence-corrected chi connectivity index (χ2v) is 6.25. The lowest BCUT2D eigenvalue weighted by Crippen LogP contribution is -2.41. The normalized spacial score (nSPS) is 11.0. The Bertz CT molecular complexity index is 676. The van der Waals surface area contributed by atoms with Gasteiger partial charge in [-0.2, -0.15) is 0 Å². The third-order valence-corrected chi connectivity index (χ3v) is 3.81. The molecule has 2 N–H and O–H groups in total. The third kappa shape index (κ3) is 4.84. The van der Waals surface area contributed by atoms with E-state index in [0.717, 1.165) is 17.5 Å². The summed E-state index contributed by atoms with van der Waals surface area (Å²) < 4.78 is 0. The van der Waals surface area contributed by atoms with Gasteiger partial charge in [0.1, 0.15) is 0 Å². The molecule has 0 aliphatic rings. The van der Waals surface area contributed by atoms with Crippen LogP contribution in [0.15, 0.2) is 30.5 Å². The van der Waals surface area contributed by atoms with Crippen LogP contribution >= 0.6 is 0 Å². The maximum Gasteiger partial charge on any atom is 0.239 e. The van der Waals surface area contributed by atoms with Gasteiger partial charge in [0, 0.05) is 37.1 Å². The van der Waals surface area contributed by atoms with Crippen LogP contribution in [0.25, 0.3) is 10.9 Å². The van der Waals surface area contributed by atoms with Crippen molar-refractivity contribution in [3.8, 4) is 0 Å². The van der Waals surface area contributed by atoms with Crippen molar-refractivity contribution < 1.29 is 9.59 Å². The van der Waals surface area contributed by atoms with Gasteiger partial charge in [0.15, 0.2) is 0 Å². The van der Waals surface area contributed by atoms with Crippen molar-refractivity contribution in [1.82, 2.24) is 15.2 Å². The number of carbonyl (C=O) groups excluding carboxylic acids is 2. The lowest BCUT2D eigenvalue weighted by molar-refractivity contribution is -0.134. The van der Waals surface area contributed by atoms with Crippen molar-refractivity contribution in [1.29, 1.82) is 0 Å². The second kappa shape index (κ2) is 7.81. The minimum atomic E-state index is -0.104. The summed E-state index contributed by atoms with van der Waals surface area (Å²) in [5.41, 5.74) is 2.25. The Kier molecular flexibility index (Phi) is 5.79. The number of carbonyl (C=O) groups is 2. The van der Waals surface area contributed by atoms with Crippen LogP contribution in [0.3, 0.4) is 0 Å². The molecule has 23 heavy (non-hydrogen) atoms. The van der Waals surface area contributed by atoms with E-state index in [9.17, 15) is 9.59 Å². The average molecular weight is 315 g/mol. The van der Waals surface area contributed by atoms with Gasteiger partial charge in [-0.3, -0.25) is 9.59 Å². The van der Waals surface area contributed by atoms with Crippen LogP contribution in [-0.2, 0) is 16.0 Å². The topological polar surface area (TPSA) is 65.2 Å². The molecular formula is C18H25N3O2. The smallest absolute Gasteiger partial charge is 0.239 e. The monoisotopic (exact) mass is 315 g/mol. The zero-order valence-corrected chi connectivity index (χ0v) is 14.1. The van der Waals surface area contributed by atoms with E-state index >= 15 is 0 Å². The number of rotatable bonds is 7. The van der Waals surface area contributed by atoms with E-state index in [0.29, 0.717) is 19.0 Å². The van der Waals surface area contributed by atoms with Gasteiger partial charge in [0.05, 0.1) is 6.54 Å². The van der Waals surface area contributed by atoms with Gasteiger partial charge < -0.3 is 15.2 Å². The Labute approximate surface area is 137 Å². The van der Waals surface area contributed by atoms with E-state index < -0.39 is 0 Å². The van der Waals surface area contributed by atoms with Crippen molar-refractivity contribution in [2.75, 3.05) is 19.6 Å². The summed E-state index contributed by atoms with van der Waals surface area (Å²) in [5.74, 6) is 0.216. The van der Waals surface area contributed by atoms with Gasteiger partial charge in [0.25, 0.3) is 0 Å². The Balaban J connectivity index is 1.94. The molecule has 2 amide bonds. The summed E-state index contributed by atoms with van der Waals surface area (Å²) in [5, 5.41) is 4.02. The molecule has 0 bridgehead atoms. The molecule has 0 fully saturated rings. The number of para-hydroxylation sites is 1. The van der Waals surface area contributed by atoms with E-state index in [1.807, 2.05) is 38.2 Å². The number of benzene rings is 1. The van der Waals surface area contributed by atoms with Crippen molar-refractivity contribution in [3.63, 3.8) is 0 Å². The van der Waals surface area contributed by atoms with Crippen LogP contribution in [-0.4, -0.2) is 41.3 Å². The van der Waals surface area contributed by atoms with Crippen molar-refractivity contribution in [2.24, 2.45) is 5.92 Å². The molecule has 0 unspecified atom stereocenters. The minimum Gasteiger partial charge on any atom is -0.361 e. The molecule has 0 aliphatic heterocycles.